The Hall–Kier alpha value is -2.96. The Kier molecular flexibility index (Phi) is 9.42. The Morgan fingerprint density at radius 3 is 2.38 bits per heavy atom. The number of rotatable bonds is 14. The molecule has 3 rings (SSSR count). The highest BCUT2D eigenvalue weighted by molar-refractivity contribution is 5.72. The number of halogens is 1. The molecule has 7 heteroatoms. The lowest BCUT2D eigenvalue weighted by atomic mass is 9.79. The second-order valence-electron chi connectivity index (χ2n) is 9.26. The van der Waals surface area contributed by atoms with E-state index in [1.54, 1.807) is 18.2 Å². The molecule has 34 heavy (non-hydrogen) atoms. The number of benzene rings is 2. The Labute approximate surface area is 202 Å². The van der Waals surface area contributed by atoms with Gasteiger partial charge in [0.15, 0.2) is 5.82 Å². The number of aromatic amines is 1. The first kappa shape index (κ1) is 25.7. The highest BCUT2D eigenvalue weighted by Crippen LogP contribution is 2.36. The normalized spacial score (nSPS) is 13.1. The predicted octanol–water partition coefficient (Wildman–Crippen LogP) is 6.75. The quantitative estimate of drug-likeness (QED) is 0.256. The second kappa shape index (κ2) is 12.5. The number of aryl methyl sites for hydroxylation is 1. The molecule has 0 spiro atoms. The van der Waals surface area contributed by atoms with Gasteiger partial charge in [0.05, 0.1) is 6.61 Å². The number of unbranched alkanes of at least 4 members (excludes halogenated alkanes) is 4. The van der Waals surface area contributed by atoms with Crippen molar-refractivity contribution in [3.8, 4) is 22.6 Å². The third kappa shape index (κ3) is 6.78. The number of nitrogens with zero attached hydrogens (tertiary/aromatic N) is 3. The number of hydrogen-bond acceptors (Lipinski definition) is 5. The molecule has 2 N–H and O–H groups in total. The maximum absolute atomic E-state index is 13.3. The Morgan fingerprint density at radius 2 is 1.74 bits per heavy atom. The summed E-state index contributed by atoms with van der Waals surface area (Å²) in [4.78, 5) is 0. The maximum atomic E-state index is 13.3. The van der Waals surface area contributed by atoms with Crippen molar-refractivity contribution in [2.24, 2.45) is 0 Å². The second-order valence-corrected chi connectivity index (χ2v) is 9.26. The van der Waals surface area contributed by atoms with Crippen molar-refractivity contribution >= 4 is 0 Å². The van der Waals surface area contributed by atoms with E-state index in [2.05, 4.69) is 41.4 Å². The van der Waals surface area contributed by atoms with Crippen LogP contribution in [-0.2, 0) is 11.8 Å². The van der Waals surface area contributed by atoms with Crippen molar-refractivity contribution in [3.05, 3.63) is 53.6 Å². The van der Waals surface area contributed by atoms with Crippen LogP contribution in [-0.4, -0.2) is 32.3 Å². The predicted molar refractivity (Wildman–Crippen MR) is 133 cm³/mol. The van der Waals surface area contributed by atoms with Gasteiger partial charge in [-0.15, -0.1) is 5.10 Å². The molecule has 0 saturated carbocycles. The van der Waals surface area contributed by atoms with E-state index in [9.17, 15) is 9.50 Å². The molecule has 0 aliphatic heterocycles. The number of aromatic nitrogens is 4. The number of tetrazole rings is 1. The van der Waals surface area contributed by atoms with E-state index < -0.39 is 0 Å². The van der Waals surface area contributed by atoms with Gasteiger partial charge < -0.3 is 9.84 Å². The lowest BCUT2D eigenvalue weighted by molar-refractivity contribution is 0.291. The van der Waals surface area contributed by atoms with E-state index in [0.717, 1.165) is 55.5 Å². The van der Waals surface area contributed by atoms with Gasteiger partial charge in [-0.05, 0) is 65.4 Å². The molecular formula is C27H37FN4O2. The van der Waals surface area contributed by atoms with Crippen molar-refractivity contribution in [1.82, 2.24) is 20.6 Å². The van der Waals surface area contributed by atoms with Crippen LogP contribution in [0.1, 0.15) is 83.5 Å². The molecule has 3 aromatic rings. The third-order valence-electron chi connectivity index (χ3n) is 6.59. The van der Waals surface area contributed by atoms with E-state index in [4.69, 9.17) is 4.74 Å². The van der Waals surface area contributed by atoms with Crippen LogP contribution in [0.15, 0.2) is 36.4 Å². The molecule has 1 unspecified atom stereocenters. The average Bonchev–Trinajstić information content (AvgIpc) is 3.38. The lowest BCUT2D eigenvalue weighted by Crippen LogP contribution is -2.24. The molecule has 1 heterocycles. The fourth-order valence-corrected chi connectivity index (χ4v) is 4.40. The van der Waals surface area contributed by atoms with Crippen LogP contribution in [0.2, 0.25) is 0 Å². The van der Waals surface area contributed by atoms with Crippen LogP contribution in [0.5, 0.6) is 11.5 Å². The first-order chi connectivity index (χ1) is 16.5. The molecular weight excluding hydrogens is 431 g/mol. The molecule has 2 aromatic carbocycles. The van der Waals surface area contributed by atoms with E-state index in [0.29, 0.717) is 17.9 Å². The number of H-pyrrole nitrogens is 1. The molecule has 184 valence electrons. The zero-order valence-corrected chi connectivity index (χ0v) is 20.6. The SMILES string of the molecule is CCCCCC(C)(CCCCCOc1cc(O)c(-c2ccc(F)cc2)cc1CC)c1nnn[nH]1. The summed E-state index contributed by atoms with van der Waals surface area (Å²) in [6.07, 6.45) is 9.53. The number of phenols is 1. The van der Waals surface area contributed by atoms with E-state index in [-0.39, 0.29) is 17.0 Å². The van der Waals surface area contributed by atoms with Crippen molar-refractivity contribution < 1.29 is 14.2 Å². The minimum absolute atomic E-state index is 0.0309. The fraction of sp³-hybridized carbons (Fsp3) is 0.519. The largest absolute Gasteiger partial charge is 0.507 e. The van der Waals surface area contributed by atoms with Gasteiger partial charge in [0.1, 0.15) is 17.3 Å². The van der Waals surface area contributed by atoms with Crippen LogP contribution in [0.4, 0.5) is 4.39 Å². The van der Waals surface area contributed by atoms with Gasteiger partial charge in [0.2, 0.25) is 0 Å². The van der Waals surface area contributed by atoms with Gasteiger partial charge in [0.25, 0.3) is 0 Å². The van der Waals surface area contributed by atoms with Gasteiger partial charge >= 0.3 is 0 Å². The Bertz CT molecular complexity index is 1010. The molecule has 0 bridgehead atoms. The molecule has 1 aromatic heterocycles. The minimum Gasteiger partial charge on any atom is -0.507 e. The fourth-order valence-electron chi connectivity index (χ4n) is 4.40. The molecule has 0 aliphatic rings. The summed E-state index contributed by atoms with van der Waals surface area (Å²) in [7, 11) is 0. The van der Waals surface area contributed by atoms with Gasteiger partial charge in [-0.1, -0.05) is 65.0 Å². The van der Waals surface area contributed by atoms with E-state index >= 15 is 0 Å². The summed E-state index contributed by atoms with van der Waals surface area (Å²) in [6.45, 7) is 7.12. The number of nitrogens with one attached hydrogen (secondary N) is 1. The molecule has 0 fully saturated rings. The van der Waals surface area contributed by atoms with Crippen molar-refractivity contribution in [2.75, 3.05) is 6.61 Å². The summed E-state index contributed by atoms with van der Waals surface area (Å²) >= 11 is 0. The highest BCUT2D eigenvalue weighted by Gasteiger charge is 2.29. The first-order valence-electron chi connectivity index (χ1n) is 12.5. The smallest absolute Gasteiger partial charge is 0.154 e. The van der Waals surface area contributed by atoms with Crippen molar-refractivity contribution in [3.63, 3.8) is 0 Å². The maximum Gasteiger partial charge on any atom is 0.154 e. The topological polar surface area (TPSA) is 83.9 Å². The van der Waals surface area contributed by atoms with Crippen LogP contribution in [0.25, 0.3) is 11.1 Å². The van der Waals surface area contributed by atoms with Gasteiger partial charge in [-0.3, -0.25) is 0 Å². The summed E-state index contributed by atoms with van der Waals surface area (Å²) in [5, 5.41) is 25.3. The van der Waals surface area contributed by atoms with E-state index in [1.165, 1.54) is 31.4 Å². The zero-order valence-electron chi connectivity index (χ0n) is 20.6. The molecule has 0 amide bonds. The van der Waals surface area contributed by atoms with Crippen molar-refractivity contribution in [1.29, 1.82) is 0 Å². The molecule has 0 radical (unpaired) electrons. The van der Waals surface area contributed by atoms with Crippen LogP contribution < -0.4 is 4.74 Å². The molecule has 1 atom stereocenters. The number of ether oxygens (including phenoxy) is 1. The summed E-state index contributed by atoms with van der Waals surface area (Å²) in [5.74, 6) is 1.44. The third-order valence-corrected chi connectivity index (χ3v) is 6.59. The monoisotopic (exact) mass is 468 g/mol. The standard InChI is InChI=1S/C27H37FN4O2/c1-4-6-8-15-27(3,26-29-31-32-30-26)16-9-7-10-17-34-25-19-24(33)23(18-20(25)5-2)21-11-13-22(28)14-12-21/h11-14,18-19,33H,4-10,15-17H2,1-3H3,(H,29,30,31,32). The number of phenolic OH excluding ortho intramolecular Hbond substituents is 1. The average molecular weight is 469 g/mol. The summed E-state index contributed by atoms with van der Waals surface area (Å²) < 4.78 is 19.3. The Morgan fingerprint density at radius 1 is 1.00 bits per heavy atom. The Balaban J connectivity index is 1.52. The van der Waals surface area contributed by atoms with Gasteiger partial charge in [0, 0.05) is 17.0 Å². The summed E-state index contributed by atoms with van der Waals surface area (Å²) in [5.41, 5.74) is 2.47. The minimum atomic E-state index is -0.294. The number of hydrogen-bond donors (Lipinski definition) is 2. The van der Waals surface area contributed by atoms with Gasteiger partial charge in [-0.2, -0.15) is 0 Å². The molecule has 6 nitrogen and oxygen atoms in total. The van der Waals surface area contributed by atoms with E-state index in [1.807, 2.05) is 6.07 Å². The van der Waals surface area contributed by atoms with Crippen LogP contribution in [0.3, 0.4) is 0 Å². The number of aromatic hydroxyl groups is 1. The summed E-state index contributed by atoms with van der Waals surface area (Å²) in [6, 6.07) is 9.77. The van der Waals surface area contributed by atoms with Crippen LogP contribution >= 0.6 is 0 Å². The highest BCUT2D eigenvalue weighted by atomic mass is 19.1. The van der Waals surface area contributed by atoms with Crippen LogP contribution in [0, 0.1) is 5.82 Å². The zero-order chi connectivity index (χ0) is 24.4. The molecule has 0 aliphatic carbocycles. The van der Waals surface area contributed by atoms with Crippen molar-refractivity contribution in [2.45, 2.75) is 84.0 Å². The first-order valence-corrected chi connectivity index (χ1v) is 12.5. The molecule has 0 saturated heterocycles. The lowest BCUT2D eigenvalue weighted by Gasteiger charge is -2.26. The van der Waals surface area contributed by atoms with Gasteiger partial charge in [-0.25, -0.2) is 9.49 Å².